The largest absolute Gasteiger partial charge is 0.412 e. The van der Waals surface area contributed by atoms with Crippen LogP contribution in [0.1, 0.15) is 226 Å². The molecule has 0 radical (unpaired) electrons. The molecule has 0 spiro atoms. The van der Waals surface area contributed by atoms with Crippen molar-refractivity contribution in [1.29, 1.82) is 0 Å². The molecule has 0 aromatic carbocycles. The van der Waals surface area contributed by atoms with Crippen LogP contribution in [0.15, 0.2) is 0 Å². The van der Waals surface area contributed by atoms with Crippen molar-refractivity contribution in [3.63, 3.8) is 0 Å². The van der Waals surface area contributed by atoms with E-state index in [1.165, 1.54) is 25.7 Å². The van der Waals surface area contributed by atoms with Gasteiger partial charge in [-0.15, -0.1) is 0 Å². The third-order valence-electron chi connectivity index (χ3n) is 26.5. The van der Waals surface area contributed by atoms with Gasteiger partial charge < -0.3 is 51.1 Å². The number of aliphatic hydroxyl groups is 6. The molecule has 0 aromatic rings. The number of fused-ring (bicyclic) bond motifs is 10. The highest BCUT2D eigenvalue weighted by molar-refractivity contribution is 5.23. The minimum Gasteiger partial charge on any atom is -0.412 e. The molecule has 22 atom stereocenters. The highest BCUT2D eigenvalue weighted by atomic mass is 16.5. The van der Waals surface area contributed by atoms with Crippen LogP contribution in [-0.4, -0.2) is 101 Å². The van der Waals surface area contributed by atoms with E-state index in [0.29, 0.717) is 35.5 Å². The molecule has 0 unspecified atom stereocenters. The van der Waals surface area contributed by atoms with Crippen LogP contribution in [0.25, 0.3) is 0 Å². The van der Waals surface area contributed by atoms with Gasteiger partial charge in [0.15, 0.2) is 0 Å². The van der Waals surface area contributed by atoms with E-state index < -0.39 is 11.2 Å². The van der Waals surface area contributed by atoms with Crippen molar-refractivity contribution in [2.24, 2.45) is 90.7 Å². The van der Waals surface area contributed by atoms with E-state index in [-0.39, 0.29) is 114 Å². The molecule has 10 aliphatic rings. The second-order valence-electron chi connectivity index (χ2n) is 30.9. The fraction of sp³-hybridized carbons (Fsp3) is 1.00. The summed E-state index contributed by atoms with van der Waals surface area (Å²) in [5, 5.41) is 66.8. The normalized spacial score (nSPS) is 55.5. The van der Waals surface area contributed by atoms with Crippen LogP contribution in [0.4, 0.5) is 0 Å². The summed E-state index contributed by atoms with van der Waals surface area (Å²) in [6.45, 7) is 36.3. The number of rotatable bonds is 4. The maximum absolute atomic E-state index is 11.9. The van der Waals surface area contributed by atoms with Gasteiger partial charge in [0.05, 0.1) is 59.0 Å². The van der Waals surface area contributed by atoms with Gasteiger partial charge in [0, 0.05) is 0 Å². The number of aliphatic hydroxyl groups excluding tert-OH is 4. The summed E-state index contributed by atoms with van der Waals surface area (Å²) in [7, 11) is 0. The monoisotopic (exact) mass is 989 g/mol. The Morgan fingerprint density at radius 1 is 0.386 bits per heavy atom. The Morgan fingerprint density at radius 3 is 1.00 bits per heavy atom. The predicted octanol–water partition coefficient (Wildman–Crippen LogP) is 9.77. The smallest absolute Gasteiger partial charge is 0.0865 e. The number of hydrogen-bond acceptors (Lipinski definition) is 8. The van der Waals surface area contributed by atoms with Gasteiger partial charge >= 0.3 is 0 Å². The van der Waals surface area contributed by atoms with Gasteiger partial charge in [0.2, 0.25) is 0 Å². The molecule has 10 N–H and O–H groups in total. The van der Waals surface area contributed by atoms with Crippen molar-refractivity contribution in [1.82, 2.24) is 0 Å². The van der Waals surface area contributed by atoms with Crippen LogP contribution in [-0.2, 0) is 9.47 Å². The molecule has 408 valence electrons. The average Bonchev–Trinajstić information content (AvgIpc) is 4.02. The van der Waals surface area contributed by atoms with Crippen molar-refractivity contribution in [3.05, 3.63) is 0 Å². The molecular formula is C60H108O10. The first-order chi connectivity index (χ1) is 31.0. The van der Waals surface area contributed by atoms with Gasteiger partial charge in [0.1, 0.15) is 0 Å². The molecule has 10 rings (SSSR count). The van der Waals surface area contributed by atoms with Gasteiger partial charge in [-0.05, 0) is 248 Å². The average molecular weight is 990 g/mol. The van der Waals surface area contributed by atoms with Gasteiger partial charge in [0.25, 0.3) is 0 Å². The second kappa shape index (κ2) is 17.6. The zero-order chi connectivity index (χ0) is 50.2. The van der Waals surface area contributed by atoms with Crippen molar-refractivity contribution >= 4 is 0 Å². The Morgan fingerprint density at radius 2 is 0.700 bits per heavy atom. The first-order valence-corrected chi connectivity index (χ1v) is 28.5. The number of ether oxygens (including phenoxy) is 2. The van der Waals surface area contributed by atoms with E-state index in [4.69, 9.17) is 9.47 Å². The molecule has 0 aromatic heterocycles. The predicted molar refractivity (Wildman–Crippen MR) is 278 cm³/mol. The Balaban J connectivity index is 0.000000201. The molecule has 2 aliphatic heterocycles. The maximum atomic E-state index is 11.9. The molecule has 8 saturated carbocycles. The molecule has 70 heavy (non-hydrogen) atoms. The summed E-state index contributed by atoms with van der Waals surface area (Å²) in [4.78, 5) is 0. The van der Waals surface area contributed by atoms with Crippen LogP contribution in [0.3, 0.4) is 0 Å². The van der Waals surface area contributed by atoms with Gasteiger partial charge in [-0.2, -0.15) is 0 Å². The van der Waals surface area contributed by atoms with Crippen molar-refractivity contribution < 1.29 is 51.1 Å². The quantitative estimate of drug-likeness (QED) is 0.160. The minimum atomic E-state index is -0.826. The van der Waals surface area contributed by atoms with E-state index in [9.17, 15) is 30.6 Å². The Bertz CT molecular complexity index is 1770. The summed E-state index contributed by atoms with van der Waals surface area (Å²) >= 11 is 0. The van der Waals surface area contributed by atoms with Gasteiger partial charge in [-0.3, -0.25) is 0 Å². The van der Waals surface area contributed by atoms with E-state index >= 15 is 0 Å². The molecular weight excluding hydrogens is 881 g/mol. The standard InChI is InChI=1S/2C30H52O4.2H2O/c2*1-25(2)20-10-15-28(6)21(27(20,5)13-11-22(25)32)17-19(31)24-18(9-14-29(24,28)7)30(8)16-12-23(34-30)26(3,4)33;;/h2*18-24,31-33H,9-17H2,1-8H3;2*1H2/t2*18-,19+,20-,21+,22-,23+,24-,27-,28+,29+,30+;;/m00../s1. The van der Waals surface area contributed by atoms with E-state index in [1.54, 1.807) is 0 Å². The molecule has 10 heteroatoms. The van der Waals surface area contributed by atoms with Crippen molar-refractivity contribution in [2.75, 3.05) is 0 Å². The fourth-order valence-corrected chi connectivity index (χ4v) is 22.1. The third kappa shape index (κ3) is 7.84. The fourth-order valence-electron chi connectivity index (χ4n) is 22.1. The summed E-state index contributed by atoms with van der Waals surface area (Å²) < 4.78 is 13.3. The summed E-state index contributed by atoms with van der Waals surface area (Å²) in [5.74, 6) is 3.18. The summed E-state index contributed by atoms with van der Waals surface area (Å²) in [5.41, 5.74) is -1.41. The Hall–Kier alpha value is -0.400. The number of hydrogen-bond donors (Lipinski definition) is 6. The molecule has 0 bridgehead atoms. The summed E-state index contributed by atoms with van der Waals surface area (Å²) in [6.07, 6.45) is 17.4. The van der Waals surface area contributed by atoms with Crippen LogP contribution < -0.4 is 0 Å². The van der Waals surface area contributed by atoms with Crippen LogP contribution in [0.2, 0.25) is 0 Å². The van der Waals surface area contributed by atoms with E-state index in [1.807, 2.05) is 27.7 Å². The van der Waals surface area contributed by atoms with Crippen molar-refractivity contribution in [3.8, 4) is 0 Å². The lowest BCUT2D eigenvalue weighted by Crippen LogP contribution is -2.66. The SMILES string of the molecule is CC(C)(O)[C@H]1CC[C@](C)([C@H]2CC[C@]3(C)[C@@H]2[C@H](O)C[C@@H]2[C@@]4(C)CC[C@H](O)C(C)(C)[C@@H]4CC[C@]23C)O1.CC(C)(O)[C@H]1CC[C@](C)([C@H]2CC[C@]3(C)[C@@H]2[C@H](O)C[C@@H]2[C@@]4(C)CC[C@H](O)C(C)(C)[C@@H]4CC[C@]23C)O1.O.O. The topological polar surface area (TPSA) is 203 Å². The Kier molecular flexibility index (Phi) is 14.4. The van der Waals surface area contributed by atoms with E-state index in [0.717, 1.165) is 89.9 Å². The first-order valence-electron chi connectivity index (χ1n) is 28.5. The maximum Gasteiger partial charge on any atom is 0.0865 e. The molecule has 10 fully saturated rings. The lowest BCUT2D eigenvalue weighted by atomic mass is 9.35. The molecule has 10 nitrogen and oxygen atoms in total. The zero-order valence-electron chi connectivity index (χ0n) is 47.3. The lowest BCUT2D eigenvalue weighted by molar-refractivity contribution is -0.248. The van der Waals surface area contributed by atoms with Crippen molar-refractivity contribution in [2.45, 2.75) is 285 Å². The highest BCUT2D eigenvalue weighted by Crippen LogP contribution is 2.78. The first kappa shape index (κ1) is 57.3. The van der Waals surface area contributed by atoms with Gasteiger partial charge in [-0.25, -0.2) is 0 Å². The Labute approximate surface area is 425 Å². The minimum absolute atomic E-state index is 0. The van der Waals surface area contributed by atoms with E-state index in [2.05, 4.69) is 83.1 Å². The molecule has 2 heterocycles. The van der Waals surface area contributed by atoms with Crippen LogP contribution in [0, 0.1) is 90.7 Å². The molecule has 8 aliphatic carbocycles. The highest BCUT2D eigenvalue weighted by Gasteiger charge is 2.74. The zero-order valence-corrected chi connectivity index (χ0v) is 47.3. The third-order valence-corrected chi connectivity index (χ3v) is 26.5. The van der Waals surface area contributed by atoms with Gasteiger partial charge in [-0.1, -0.05) is 69.2 Å². The second-order valence-corrected chi connectivity index (χ2v) is 30.9. The van der Waals surface area contributed by atoms with Crippen LogP contribution >= 0.6 is 0 Å². The molecule has 0 amide bonds. The summed E-state index contributed by atoms with van der Waals surface area (Å²) in [6, 6.07) is 0. The lowest BCUT2D eigenvalue weighted by Gasteiger charge is -2.70. The van der Waals surface area contributed by atoms with Crippen LogP contribution in [0.5, 0.6) is 0 Å². The molecule has 2 saturated heterocycles.